The molecule has 0 fully saturated rings. The summed E-state index contributed by atoms with van der Waals surface area (Å²) in [5.74, 6) is 0. The molecule has 1 atom stereocenters. The van der Waals surface area contributed by atoms with Crippen LogP contribution >= 0.6 is 0 Å². The first-order chi connectivity index (χ1) is 16.6. The van der Waals surface area contributed by atoms with E-state index in [0.29, 0.717) is 0 Å². The molecule has 5 rings (SSSR count). The highest BCUT2D eigenvalue weighted by Crippen LogP contribution is 2.39. The highest BCUT2D eigenvalue weighted by Gasteiger charge is 2.29. The van der Waals surface area contributed by atoms with Crippen molar-refractivity contribution in [1.82, 2.24) is 0 Å². The summed E-state index contributed by atoms with van der Waals surface area (Å²) >= 11 is 0. The van der Waals surface area contributed by atoms with Gasteiger partial charge in [-0.2, -0.15) is 0 Å². The minimum absolute atomic E-state index is 0.279. The number of rotatable bonds is 6. The Morgan fingerprint density at radius 2 is 1.56 bits per heavy atom. The van der Waals surface area contributed by atoms with E-state index in [1.807, 2.05) is 0 Å². The molecule has 34 heavy (non-hydrogen) atoms. The summed E-state index contributed by atoms with van der Waals surface area (Å²) in [7, 11) is 0. The maximum absolute atomic E-state index is 6.94. The van der Waals surface area contributed by atoms with Crippen LogP contribution in [0.1, 0.15) is 37.3 Å². The van der Waals surface area contributed by atoms with Crippen molar-refractivity contribution in [2.75, 3.05) is 0 Å². The lowest BCUT2D eigenvalue weighted by Gasteiger charge is -2.33. The highest BCUT2D eigenvalue weighted by molar-refractivity contribution is 6.04. The number of aryl methyl sites for hydroxylation is 1. The molecular weight excluding hydrogens is 410 g/mol. The predicted octanol–water partition coefficient (Wildman–Crippen LogP) is 8.41. The van der Waals surface area contributed by atoms with Crippen molar-refractivity contribution < 1.29 is 0 Å². The van der Waals surface area contributed by atoms with E-state index in [4.69, 9.17) is 5.73 Å². The Labute approximate surface area is 203 Å². The molecule has 4 aromatic rings. The molecule has 170 valence electrons. The second-order valence-corrected chi connectivity index (χ2v) is 9.68. The number of benzene rings is 4. The first-order valence-electron chi connectivity index (χ1n) is 12.4. The minimum Gasteiger partial charge on any atom is -0.321 e. The van der Waals surface area contributed by atoms with Crippen LogP contribution in [0.25, 0.3) is 33.0 Å². The van der Waals surface area contributed by atoms with Gasteiger partial charge in [0.05, 0.1) is 0 Å². The Bertz CT molecular complexity index is 1360. The number of nitrogens with two attached hydrogens (primary N) is 1. The zero-order chi connectivity index (χ0) is 23.5. The van der Waals surface area contributed by atoms with Gasteiger partial charge < -0.3 is 5.73 Å². The van der Waals surface area contributed by atoms with Crippen molar-refractivity contribution >= 4 is 10.8 Å². The Hall–Kier alpha value is -3.42. The highest BCUT2D eigenvalue weighted by atomic mass is 14.7. The number of hydrogen-bond donors (Lipinski definition) is 1. The molecule has 1 aliphatic carbocycles. The van der Waals surface area contributed by atoms with Crippen LogP contribution in [0.2, 0.25) is 0 Å². The molecule has 0 bridgehead atoms. The van der Waals surface area contributed by atoms with Gasteiger partial charge in [0, 0.05) is 5.54 Å². The van der Waals surface area contributed by atoms with Crippen molar-refractivity contribution in [3.8, 4) is 22.3 Å². The molecule has 0 amide bonds. The van der Waals surface area contributed by atoms with E-state index in [2.05, 4.69) is 117 Å². The quantitative estimate of drug-likeness (QED) is 0.318. The molecule has 1 heteroatoms. The molecule has 1 unspecified atom stereocenters. The van der Waals surface area contributed by atoms with Gasteiger partial charge in [-0.15, -0.1) is 0 Å². The molecule has 1 aliphatic rings. The standard InChI is InChI=1S/C33H33N/c1-3-8-29-10-6-7-22-33(29,34)23-25-14-18-28(19-15-25)32-30-11-5-4-9-26(30)20-21-31(32)27-16-12-24(2)13-17-27/h4-7,9-21H,3,8,22-23,34H2,1-2H3. The van der Waals surface area contributed by atoms with Crippen LogP contribution in [0.3, 0.4) is 0 Å². The summed E-state index contributed by atoms with van der Waals surface area (Å²) in [5, 5.41) is 2.55. The average Bonchev–Trinajstić information content (AvgIpc) is 2.86. The normalized spacial score (nSPS) is 17.7. The van der Waals surface area contributed by atoms with E-state index in [0.717, 1.165) is 25.7 Å². The second-order valence-electron chi connectivity index (χ2n) is 9.68. The number of allylic oxidation sites excluding steroid dienone is 2. The SMILES string of the molecule is CCCC1=CC=CCC1(N)Cc1ccc(-c2c(-c3ccc(C)cc3)ccc3ccccc23)cc1. The molecule has 1 nitrogen and oxygen atoms in total. The Balaban J connectivity index is 1.54. The zero-order valence-electron chi connectivity index (χ0n) is 20.2. The van der Waals surface area contributed by atoms with Crippen molar-refractivity contribution in [3.63, 3.8) is 0 Å². The van der Waals surface area contributed by atoms with E-state index >= 15 is 0 Å². The molecule has 0 spiro atoms. The van der Waals surface area contributed by atoms with Gasteiger partial charge in [0.25, 0.3) is 0 Å². The first-order valence-corrected chi connectivity index (χ1v) is 12.4. The van der Waals surface area contributed by atoms with E-state index < -0.39 is 0 Å². The van der Waals surface area contributed by atoms with Crippen molar-refractivity contribution in [1.29, 1.82) is 0 Å². The fourth-order valence-corrected chi connectivity index (χ4v) is 5.26. The predicted molar refractivity (Wildman–Crippen MR) is 147 cm³/mol. The minimum atomic E-state index is -0.279. The molecule has 0 radical (unpaired) electrons. The van der Waals surface area contributed by atoms with Crippen LogP contribution in [0.15, 0.2) is 109 Å². The molecule has 0 heterocycles. The molecule has 0 aliphatic heterocycles. The van der Waals surface area contributed by atoms with Gasteiger partial charge >= 0.3 is 0 Å². The van der Waals surface area contributed by atoms with Gasteiger partial charge in [-0.1, -0.05) is 122 Å². The average molecular weight is 444 g/mol. The third-order valence-electron chi connectivity index (χ3n) is 7.13. The lowest BCUT2D eigenvalue weighted by molar-refractivity contribution is 0.476. The summed E-state index contributed by atoms with van der Waals surface area (Å²) in [6.07, 6.45) is 10.6. The van der Waals surface area contributed by atoms with E-state index in [-0.39, 0.29) is 5.54 Å². The van der Waals surface area contributed by atoms with Gasteiger partial charge in [-0.3, -0.25) is 0 Å². The Morgan fingerprint density at radius 1 is 0.824 bits per heavy atom. The molecule has 0 aromatic heterocycles. The molecule has 0 saturated heterocycles. The third-order valence-corrected chi connectivity index (χ3v) is 7.13. The smallest absolute Gasteiger partial charge is 0.0447 e. The topological polar surface area (TPSA) is 26.0 Å². The van der Waals surface area contributed by atoms with Crippen LogP contribution in [-0.2, 0) is 6.42 Å². The summed E-state index contributed by atoms with van der Waals surface area (Å²) < 4.78 is 0. The maximum atomic E-state index is 6.94. The molecular formula is C33H33N. The summed E-state index contributed by atoms with van der Waals surface area (Å²) in [4.78, 5) is 0. The van der Waals surface area contributed by atoms with Crippen LogP contribution in [0.4, 0.5) is 0 Å². The van der Waals surface area contributed by atoms with Crippen molar-refractivity contribution in [3.05, 3.63) is 120 Å². The molecule has 4 aromatic carbocycles. The third kappa shape index (κ3) is 4.36. The Kier molecular flexibility index (Phi) is 6.22. The second kappa shape index (κ2) is 9.44. The summed E-state index contributed by atoms with van der Waals surface area (Å²) in [6.45, 7) is 4.36. The summed E-state index contributed by atoms with van der Waals surface area (Å²) in [6, 6.07) is 31.1. The van der Waals surface area contributed by atoms with Gasteiger partial charge in [-0.05, 0) is 70.3 Å². The largest absolute Gasteiger partial charge is 0.321 e. The van der Waals surface area contributed by atoms with Crippen LogP contribution in [0.5, 0.6) is 0 Å². The lowest BCUT2D eigenvalue weighted by Crippen LogP contribution is -2.44. The van der Waals surface area contributed by atoms with E-state index in [1.165, 1.54) is 49.7 Å². The van der Waals surface area contributed by atoms with Gasteiger partial charge in [0.2, 0.25) is 0 Å². The van der Waals surface area contributed by atoms with E-state index in [9.17, 15) is 0 Å². The zero-order valence-corrected chi connectivity index (χ0v) is 20.2. The van der Waals surface area contributed by atoms with Gasteiger partial charge in [-0.25, -0.2) is 0 Å². The number of fused-ring (bicyclic) bond motifs is 1. The van der Waals surface area contributed by atoms with Gasteiger partial charge in [0.15, 0.2) is 0 Å². The monoisotopic (exact) mass is 443 g/mol. The Morgan fingerprint density at radius 3 is 2.32 bits per heavy atom. The van der Waals surface area contributed by atoms with Crippen LogP contribution in [0, 0.1) is 6.92 Å². The van der Waals surface area contributed by atoms with E-state index in [1.54, 1.807) is 0 Å². The summed E-state index contributed by atoms with van der Waals surface area (Å²) in [5.41, 5.74) is 15.7. The van der Waals surface area contributed by atoms with Gasteiger partial charge in [0.1, 0.15) is 0 Å². The lowest BCUT2D eigenvalue weighted by atomic mass is 9.77. The molecule has 0 saturated carbocycles. The van der Waals surface area contributed by atoms with Crippen molar-refractivity contribution in [2.24, 2.45) is 5.73 Å². The van der Waals surface area contributed by atoms with Crippen LogP contribution < -0.4 is 5.73 Å². The molecule has 2 N–H and O–H groups in total. The maximum Gasteiger partial charge on any atom is 0.0447 e. The first kappa shape index (κ1) is 22.4. The fourth-order valence-electron chi connectivity index (χ4n) is 5.26. The van der Waals surface area contributed by atoms with Crippen LogP contribution in [-0.4, -0.2) is 5.54 Å². The van der Waals surface area contributed by atoms with Crippen molar-refractivity contribution in [2.45, 2.75) is 45.1 Å². The fraction of sp³-hybridized carbons (Fsp3) is 0.212. The number of hydrogen-bond acceptors (Lipinski definition) is 1.